The third-order valence-electron chi connectivity index (χ3n) is 0.577. The van der Waals surface area contributed by atoms with Gasteiger partial charge in [-0.3, -0.25) is 9.11 Å². The Morgan fingerprint density at radius 1 is 1.55 bits per heavy atom. The first-order chi connectivity index (χ1) is 4.27. The van der Waals surface area contributed by atoms with Crippen molar-refractivity contribution in [2.24, 2.45) is 5.92 Å². The Labute approximate surface area is 95.6 Å². The number of rotatable bonds is 1. The van der Waals surface area contributed by atoms with Crippen LogP contribution in [0.15, 0.2) is 0 Å². The molecule has 0 radical (unpaired) electrons. The fourth-order valence-corrected chi connectivity index (χ4v) is 0. The molecular weight excluding hydrogens is 195 g/mol. The normalized spacial score (nSPS) is 9.64. The van der Waals surface area contributed by atoms with E-state index in [1.165, 1.54) is 0 Å². The monoisotopic (exact) mass is 208 g/mol. The molecule has 0 atom stereocenters. The molecule has 0 saturated carbocycles. The van der Waals surface area contributed by atoms with Crippen LogP contribution in [0.2, 0.25) is 0 Å². The Morgan fingerprint density at radius 2 is 1.64 bits per heavy atom. The quantitative estimate of drug-likeness (QED) is 0.409. The summed E-state index contributed by atoms with van der Waals surface area (Å²) < 4.78 is 24.0. The van der Waals surface area contributed by atoms with Gasteiger partial charge >= 0.3 is 29.6 Å². The van der Waals surface area contributed by atoms with Crippen molar-refractivity contribution in [3.63, 3.8) is 0 Å². The molecule has 0 amide bonds. The molecule has 0 aromatic carbocycles. The van der Waals surface area contributed by atoms with Crippen molar-refractivity contribution in [2.75, 3.05) is 0 Å². The summed E-state index contributed by atoms with van der Waals surface area (Å²) in [6.07, 6.45) is 1.06. The summed E-state index contributed by atoms with van der Waals surface area (Å²) in [5.74, 6) is 0.773. The van der Waals surface area contributed by atoms with Crippen molar-refractivity contribution in [3.05, 3.63) is 6.92 Å². The third-order valence-corrected chi connectivity index (χ3v) is 0.577. The summed E-state index contributed by atoms with van der Waals surface area (Å²) in [7, 11) is -3.83. The van der Waals surface area contributed by atoms with Crippen LogP contribution in [-0.2, 0) is 20.2 Å². The van der Waals surface area contributed by atoms with E-state index in [1.54, 1.807) is 0 Å². The second-order valence-electron chi connectivity index (χ2n) is 2.13. The van der Waals surface area contributed by atoms with Gasteiger partial charge in [0.25, 0.3) is 9.05 Å². The molecule has 0 unspecified atom stereocenters. The first kappa shape index (κ1) is 18.2. The molecule has 2 N–H and O–H groups in total. The van der Waals surface area contributed by atoms with E-state index in [-0.39, 0.29) is 29.6 Å². The van der Waals surface area contributed by atoms with Crippen LogP contribution >= 0.6 is 0 Å². The smallest absolute Gasteiger partial charge is 0.343 e. The summed E-state index contributed by atoms with van der Waals surface area (Å²) in [6.45, 7) is 8.00. The van der Waals surface area contributed by atoms with Gasteiger partial charge in [0.2, 0.25) is 0 Å². The molecule has 0 aromatic heterocycles. The van der Waals surface area contributed by atoms with Gasteiger partial charge in [0.1, 0.15) is 0 Å². The van der Waals surface area contributed by atoms with E-state index in [2.05, 4.69) is 32.0 Å². The van der Waals surface area contributed by atoms with E-state index in [0.717, 1.165) is 12.3 Å². The molecule has 0 aliphatic rings. The molecule has 0 bridgehead atoms. The molecule has 0 heterocycles. The first-order valence-electron chi connectivity index (χ1n) is 2.76. The maximum atomic E-state index is 9.11. The first-order valence-corrected chi connectivity index (χ1v) is 5.16. The van der Waals surface area contributed by atoms with E-state index < -0.39 is 9.05 Å². The second-order valence-corrected chi connectivity index (χ2v) is 4.33. The molecule has 0 fully saturated rings. The summed E-state index contributed by atoms with van der Waals surface area (Å²) in [5.41, 5.74) is 0. The van der Waals surface area contributed by atoms with Gasteiger partial charge in [-0.2, -0.15) is 10.6 Å². The van der Waals surface area contributed by atoms with Crippen LogP contribution in [0.1, 0.15) is 20.3 Å². The minimum atomic E-state index is -3.83. The maximum absolute atomic E-state index is 9.11. The van der Waals surface area contributed by atoms with Crippen molar-refractivity contribution in [1.29, 1.82) is 0 Å². The molecule has 0 rings (SSSR count). The van der Waals surface area contributed by atoms with Crippen molar-refractivity contribution in [3.8, 4) is 0 Å². The number of hydrogen-bond donors (Lipinski definition) is 2. The summed E-state index contributed by atoms with van der Waals surface area (Å²) in [4.78, 5) is 0. The molecule has 0 aliphatic heterocycles. The second kappa shape index (κ2) is 9.38. The van der Waals surface area contributed by atoms with Crippen molar-refractivity contribution >= 4 is 20.2 Å². The summed E-state index contributed by atoms with van der Waals surface area (Å²) >= 11 is 3.47. The zero-order valence-electron chi connectivity index (χ0n) is 7.11. The van der Waals surface area contributed by atoms with E-state index in [1.807, 2.05) is 0 Å². The molecule has 0 spiro atoms. The van der Waals surface area contributed by atoms with Crippen LogP contribution in [0.5, 0.6) is 0 Å². The minimum Gasteiger partial charge on any atom is -0.343 e. The van der Waals surface area contributed by atoms with Gasteiger partial charge in [-0.15, -0.1) is 0 Å². The van der Waals surface area contributed by atoms with Gasteiger partial charge in [-0.1, -0.05) is 19.8 Å². The molecule has 0 saturated heterocycles. The van der Waals surface area contributed by atoms with Gasteiger partial charge in [0, 0.05) is 11.2 Å². The Morgan fingerprint density at radius 3 is 1.64 bits per heavy atom. The zero-order chi connectivity index (χ0) is 8.78. The van der Waals surface area contributed by atoms with E-state index >= 15 is 0 Å². The third kappa shape index (κ3) is 90.0. The van der Waals surface area contributed by atoms with Crippen molar-refractivity contribution in [1.82, 2.24) is 0 Å². The standard InChI is InChI=1S/C5H11.Na.H2O3S2/c1-4-5(2)3;;1-5(2,3)4/h5H,1,4H2,2-3H3;;(H2,1,2,3,4)/q-1;+1;. The largest absolute Gasteiger partial charge is 1.00 e. The minimum absolute atomic E-state index is 0. The summed E-state index contributed by atoms with van der Waals surface area (Å²) in [6, 6.07) is 0. The van der Waals surface area contributed by atoms with E-state index in [0.29, 0.717) is 0 Å². The van der Waals surface area contributed by atoms with Crippen LogP contribution in [0.3, 0.4) is 0 Å². The molecule has 6 heteroatoms. The van der Waals surface area contributed by atoms with Crippen molar-refractivity contribution < 1.29 is 42.9 Å². The van der Waals surface area contributed by atoms with E-state index in [4.69, 9.17) is 13.3 Å². The van der Waals surface area contributed by atoms with Crippen LogP contribution in [0.25, 0.3) is 0 Å². The van der Waals surface area contributed by atoms with Gasteiger partial charge in [0.15, 0.2) is 0 Å². The average molecular weight is 208 g/mol. The molecular formula is C5H13NaO3S2. The van der Waals surface area contributed by atoms with Gasteiger partial charge in [-0.25, -0.2) is 0 Å². The Bertz CT molecular complexity index is 145. The summed E-state index contributed by atoms with van der Waals surface area (Å²) in [5, 5.41) is 0. The molecule has 0 aliphatic carbocycles. The van der Waals surface area contributed by atoms with E-state index in [9.17, 15) is 0 Å². The maximum Gasteiger partial charge on any atom is 1.00 e. The topological polar surface area (TPSA) is 57.5 Å². The predicted molar refractivity (Wildman–Crippen MR) is 45.6 cm³/mol. The molecule has 0 aromatic rings. The fourth-order valence-electron chi connectivity index (χ4n) is 0. The average Bonchev–Trinajstić information content (AvgIpc) is 1.61. The fraction of sp³-hybridized carbons (Fsp3) is 0.800. The predicted octanol–water partition coefficient (Wildman–Crippen LogP) is -1.45. The Kier molecular flexibility index (Phi) is 15.5. The van der Waals surface area contributed by atoms with Crippen LogP contribution in [0.4, 0.5) is 0 Å². The van der Waals surface area contributed by atoms with Crippen LogP contribution < -0.4 is 29.6 Å². The van der Waals surface area contributed by atoms with Gasteiger partial charge in [0.05, 0.1) is 0 Å². The Balaban J connectivity index is -0.000000107. The molecule has 64 valence electrons. The molecule has 11 heavy (non-hydrogen) atoms. The van der Waals surface area contributed by atoms with Gasteiger partial charge < -0.3 is 6.92 Å². The van der Waals surface area contributed by atoms with Crippen molar-refractivity contribution in [2.45, 2.75) is 20.3 Å². The van der Waals surface area contributed by atoms with Crippen LogP contribution in [0, 0.1) is 12.8 Å². The Hall–Kier alpha value is 1.29. The van der Waals surface area contributed by atoms with Crippen LogP contribution in [-0.4, -0.2) is 13.3 Å². The number of hydrogen-bond acceptors (Lipinski definition) is 2. The molecule has 3 nitrogen and oxygen atoms in total. The SMILES string of the molecule is O=S(O)(O)=S.[CH2-]CC(C)C.[Na+]. The zero-order valence-corrected chi connectivity index (χ0v) is 10.7. The van der Waals surface area contributed by atoms with Gasteiger partial charge in [-0.05, 0) is 0 Å².